The van der Waals surface area contributed by atoms with Gasteiger partial charge in [0.15, 0.2) is 5.82 Å². The van der Waals surface area contributed by atoms with Crippen molar-refractivity contribution in [2.24, 2.45) is 0 Å². The summed E-state index contributed by atoms with van der Waals surface area (Å²) in [6.07, 6.45) is 4.07. The lowest BCUT2D eigenvalue weighted by Crippen LogP contribution is -2.41. The molecule has 1 aliphatic carbocycles. The van der Waals surface area contributed by atoms with Crippen molar-refractivity contribution >= 4 is 29.4 Å². The number of carbonyl (C=O) groups excluding carboxylic acids is 2. The van der Waals surface area contributed by atoms with Crippen molar-refractivity contribution in [1.29, 1.82) is 0 Å². The van der Waals surface area contributed by atoms with Crippen LogP contribution in [0.15, 0.2) is 60.8 Å². The Kier molecular flexibility index (Phi) is 8.18. The Morgan fingerprint density at radius 1 is 1.00 bits per heavy atom. The third kappa shape index (κ3) is 6.09. The van der Waals surface area contributed by atoms with Crippen LogP contribution in [0.5, 0.6) is 0 Å². The zero-order valence-corrected chi connectivity index (χ0v) is 20.3. The molecule has 0 radical (unpaired) electrons. The topological polar surface area (TPSA) is 107 Å². The average molecular weight is 493 g/mol. The van der Waals surface area contributed by atoms with Crippen LogP contribution in [0, 0.1) is 0 Å². The number of nitrogens with one attached hydrogen (secondary N) is 5. The molecule has 8 nitrogen and oxygen atoms in total. The summed E-state index contributed by atoms with van der Waals surface area (Å²) in [5.41, 5.74) is 10.3. The second-order valence-electron chi connectivity index (χ2n) is 8.32. The predicted octanol–water partition coefficient (Wildman–Crippen LogP) is 3.59. The summed E-state index contributed by atoms with van der Waals surface area (Å²) in [5.74, 6) is -0.00586. The molecule has 35 heavy (non-hydrogen) atoms. The van der Waals surface area contributed by atoms with E-state index in [9.17, 15) is 9.59 Å². The smallest absolute Gasteiger partial charge is 0.334 e. The highest BCUT2D eigenvalue weighted by molar-refractivity contribution is 6.33. The Bertz CT molecular complexity index is 1150. The largest absolute Gasteiger partial charge is 0.352 e. The van der Waals surface area contributed by atoms with Crippen molar-refractivity contribution in [2.45, 2.75) is 25.3 Å². The van der Waals surface area contributed by atoms with E-state index >= 15 is 0 Å². The van der Waals surface area contributed by atoms with Gasteiger partial charge in [-0.15, -0.1) is 0 Å². The second-order valence-corrected chi connectivity index (χ2v) is 8.73. The number of hydrogen-bond donors (Lipinski definition) is 5. The molecule has 5 N–H and O–H groups in total. The number of urea groups is 1. The fraction of sp³-hybridized carbons (Fsp3) is 0.269. The summed E-state index contributed by atoms with van der Waals surface area (Å²) in [4.78, 5) is 29.3. The number of carbonyl (C=O) groups is 2. The predicted molar refractivity (Wildman–Crippen MR) is 138 cm³/mol. The molecule has 1 aromatic heterocycles. The SMILES string of the molecule is CNCCCNC(=O)c1cnc(NNC(=O)NC2c3ccccc3CCc3ccccc32)c(Cl)c1. The summed E-state index contributed by atoms with van der Waals surface area (Å²) >= 11 is 6.30. The van der Waals surface area contributed by atoms with E-state index < -0.39 is 6.03 Å². The minimum absolute atomic E-state index is 0.221. The molecule has 3 amide bonds. The molecule has 0 aliphatic heterocycles. The Morgan fingerprint density at radius 3 is 2.29 bits per heavy atom. The van der Waals surface area contributed by atoms with E-state index in [0.717, 1.165) is 36.9 Å². The first-order valence-electron chi connectivity index (χ1n) is 11.6. The quantitative estimate of drug-likeness (QED) is 0.244. The van der Waals surface area contributed by atoms with Gasteiger partial charge < -0.3 is 16.0 Å². The van der Waals surface area contributed by atoms with Crippen molar-refractivity contribution in [2.75, 3.05) is 25.6 Å². The fourth-order valence-electron chi connectivity index (χ4n) is 4.19. The highest BCUT2D eigenvalue weighted by Crippen LogP contribution is 2.32. The molecule has 0 saturated heterocycles. The van der Waals surface area contributed by atoms with Crippen molar-refractivity contribution in [1.82, 2.24) is 26.4 Å². The molecule has 0 bridgehead atoms. The second kappa shape index (κ2) is 11.7. The summed E-state index contributed by atoms with van der Waals surface area (Å²) in [7, 11) is 1.86. The number of hydrogen-bond acceptors (Lipinski definition) is 5. The monoisotopic (exact) mass is 492 g/mol. The number of halogens is 1. The van der Waals surface area contributed by atoms with Crippen molar-refractivity contribution in [3.63, 3.8) is 0 Å². The first-order valence-corrected chi connectivity index (χ1v) is 12.0. The molecule has 2 aromatic carbocycles. The van der Waals surface area contributed by atoms with E-state index in [0.29, 0.717) is 12.1 Å². The number of aromatic nitrogens is 1. The highest BCUT2D eigenvalue weighted by Gasteiger charge is 2.24. The maximum absolute atomic E-state index is 12.8. The molecule has 0 saturated carbocycles. The Hall–Kier alpha value is -3.62. The number of nitrogens with zero attached hydrogens (tertiary/aromatic N) is 1. The summed E-state index contributed by atoms with van der Waals surface area (Å²) < 4.78 is 0. The van der Waals surface area contributed by atoms with Crippen LogP contribution in [0.3, 0.4) is 0 Å². The normalized spacial score (nSPS) is 12.6. The van der Waals surface area contributed by atoms with Crippen LogP contribution in [-0.4, -0.2) is 37.1 Å². The molecular weight excluding hydrogens is 464 g/mol. The zero-order valence-electron chi connectivity index (χ0n) is 19.5. The summed E-state index contributed by atoms with van der Waals surface area (Å²) in [6.45, 7) is 1.36. The lowest BCUT2D eigenvalue weighted by Gasteiger charge is -2.22. The number of benzene rings is 2. The molecule has 0 unspecified atom stereocenters. The zero-order chi connectivity index (χ0) is 24.6. The maximum atomic E-state index is 12.8. The first-order chi connectivity index (χ1) is 17.1. The number of rotatable bonds is 8. The maximum Gasteiger partial charge on any atom is 0.334 e. The van der Waals surface area contributed by atoms with Crippen LogP contribution >= 0.6 is 11.6 Å². The van der Waals surface area contributed by atoms with Crippen LogP contribution in [0.4, 0.5) is 10.6 Å². The lowest BCUT2D eigenvalue weighted by molar-refractivity contribution is 0.0953. The number of aryl methyl sites for hydroxylation is 2. The van der Waals surface area contributed by atoms with Gasteiger partial charge in [0.1, 0.15) is 0 Å². The standard InChI is InChI=1S/C26H29ClN6O2/c1-28-13-6-14-29-25(34)19-15-22(27)24(30-16-19)32-33-26(35)31-23-20-9-4-2-7-17(20)11-12-18-8-3-5-10-21(18)23/h2-5,7-10,15-16,23,28H,6,11-14H2,1H3,(H,29,34)(H,30,32)(H2,31,33,35). The van der Waals surface area contributed by atoms with Gasteiger partial charge >= 0.3 is 6.03 Å². The Labute approximate surface area is 209 Å². The summed E-state index contributed by atoms with van der Waals surface area (Å²) in [5, 5.41) is 9.14. The van der Waals surface area contributed by atoms with Crippen LogP contribution in [0.2, 0.25) is 5.02 Å². The number of fused-ring (bicyclic) bond motifs is 2. The van der Waals surface area contributed by atoms with E-state index in [-0.39, 0.29) is 22.8 Å². The summed E-state index contributed by atoms with van der Waals surface area (Å²) in [6, 6.07) is 17.1. The third-order valence-corrected chi connectivity index (χ3v) is 6.25. The van der Waals surface area contributed by atoms with Gasteiger partial charge in [-0.1, -0.05) is 60.1 Å². The molecule has 1 aliphatic rings. The average Bonchev–Trinajstić information content (AvgIpc) is 3.03. The van der Waals surface area contributed by atoms with Crippen LogP contribution in [-0.2, 0) is 12.8 Å². The van der Waals surface area contributed by atoms with Crippen molar-refractivity contribution in [3.05, 3.63) is 93.6 Å². The third-order valence-electron chi connectivity index (χ3n) is 5.96. The van der Waals surface area contributed by atoms with Gasteiger partial charge in [0, 0.05) is 12.7 Å². The van der Waals surface area contributed by atoms with Crippen LogP contribution in [0.1, 0.15) is 45.1 Å². The molecular formula is C26H29ClN6O2. The van der Waals surface area contributed by atoms with Gasteiger partial charge in [-0.05, 0) is 61.2 Å². The van der Waals surface area contributed by atoms with E-state index in [1.165, 1.54) is 23.4 Å². The van der Waals surface area contributed by atoms with Crippen molar-refractivity contribution in [3.8, 4) is 0 Å². The molecule has 182 valence electrons. The van der Waals surface area contributed by atoms with E-state index in [1.54, 1.807) is 0 Å². The number of hydrazine groups is 1. The molecule has 9 heteroatoms. The number of amides is 3. The molecule has 1 heterocycles. The fourth-order valence-corrected chi connectivity index (χ4v) is 4.40. The lowest BCUT2D eigenvalue weighted by atomic mass is 9.95. The van der Waals surface area contributed by atoms with E-state index in [2.05, 4.69) is 56.1 Å². The highest BCUT2D eigenvalue weighted by atomic mass is 35.5. The number of pyridine rings is 1. The van der Waals surface area contributed by atoms with E-state index in [4.69, 9.17) is 11.6 Å². The molecule has 0 atom stereocenters. The van der Waals surface area contributed by atoms with Gasteiger partial charge in [-0.3, -0.25) is 15.6 Å². The van der Waals surface area contributed by atoms with Crippen LogP contribution < -0.4 is 26.8 Å². The molecule has 0 fully saturated rings. The molecule has 0 spiro atoms. The van der Waals surface area contributed by atoms with E-state index in [1.807, 2.05) is 31.3 Å². The van der Waals surface area contributed by atoms with Gasteiger partial charge in [-0.25, -0.2) is 9.78 Å². The first kappa shape index (κ1) is 24.5. The minimum Gasteiger partial charge on any atom is -0.352 e. The Balaban J connectivity index is 1.40. The number of anilines is 1. The van der Waals surface area contributed by atoms with Crippen LogP contribution in [0.25, 0.3) is 0 Å². The molecule has 4 rings (SSSR count). The van der Waals surface area contributed by atoms with Gasteiger partial charge in [-0.2, -0.15) is 0 Å². The van der Waals surface area contributed by atoms with Gasteiger partial charge in [0.25, 0.3) is 5.91 Å². The van der Waals surface area contributed by atoms with Gasteiger partial charge in [0.2, 0.25) is 0 Å². The molecule has 3 aromatic rings. The van der Waals surface area contributed by atoms with Gasteiger partial charge in [0.05, 0.1) is 16.6 Å². The Morgan fingerprint density at radius 2 is 1.66 bits per heavy atom. The minimum atomic E-state index is -0.425. The van der Waals surface area contributed by atoms with Crippen molar-refractivity contribution < 1.29 is 9.59 Å².